The van der Waals surface area contributed by atoms with Crippen molar-refractivity contribution in [2.45, 2.75) is 39.7 Å². The van der Waals surface area contributed by atoms with Gasteiger partial charge in [0.1, 0.15) is 5.60 Å². The number of carbonyl (C=O) groups excluding carboxylic acids is 2. The Balaban J connectivity index is 2.36. The summed E-state index contributed by atoms with van der Waals surface area (Å²) in [6, 6.07) is 5.23. The van der Waals surface area contributed by atoms with E-state index < -0.39 is 11.7 Å². The van der Waals surface area contributed by atoms with E-state index in [4.69, 9.17) is 16.3 Å². The van der Waals surface area contributed by atoms with Gasteiger partial charge >= 0.3 is 6.09 Å². The van der Waals surface area contributed by atoms with Gasteiger partial charge in [-0.3, -0.25) is 4.79 Å². The normalized spacial score (nSPS) is 10.9. The van der Waals surface area contributed by atoms with Gasteiger partial charge in [-0.25, -0.2) is 4.79 Å². The predicted molar refractivity (Wildman–Crippen MR) is 83.7 cm³/mol. The second kappa shape index (κ2) is 7.31. The van der Waals surface area contributed by atoms with Crippen molar-refractivity contribution >= 4 is 29.3 Å². The molecule has 1 aromatic rings. The van der Waals surface area contributed by atoms with Gasteiger partial charge in [-0.1, -0.05) is 11.6 Å². The molecule has 0 aliphatic carbocycles. The van der Waals surface area contributed by atoms with Gasteiger partial charge in [0, 0.05) is 23.7 Å². The second-order valence-corrected chi connectivity index (χ2v) is 6.12. The van der Waals surface area contributed by atoms with Crippen LogP contribution in [0.1, 0.15) is 32.8 Å². The first-order valence-corrected chi connectivity index (χ1v) is 7.08. The zero-order valence-corrected chi connectivity index (χ0v) is 13.5. The first kappa shape index (κ1) is 17.3. The molecule has 5 nitrogen and oxygen atoms in total. The molecule has 0 radical (unpaired) electrons. The van der Waals surface area contributed by atoms with Gasteiger partial charge in [-0.2, -0.15) is 0 Å². The first-order valence-electron chi connectivity index (χ1n) is 6.70. The lowest BCUT2D eigenvalue weighted by Gasteiger charge is -2.19. The summed E-state index contributed by atoms with van der Waals surface area (Å²) in [5.41, 5.74) is 1.05. The molecule has 0 saturated carbocycles. The van der Waals surface area contributed by atoms with Crippen LogP contribution in [-0.4, -0.2) is 24.1 Å². The van der Waals surface area contributed by atoms with Gasteiger partial charge in [0.2, 0.25) is 5.91 Å². The quantitative estimate of drug-likeness (QED) is 0.894. The van der Waals surface area contributed by atoms with Crippen LogP contribution in [0.25, 0.3) is 0 Å². The number of hydrogen-bond donors (Lipinski definition) is 2. The van der Waals surface area contributed by atoms with Crippen LogP contribution in [0, 0.1) is 6.92 Å². The van der Waals surface area contributed by atoms with Crippen LogP contribution in [0.2, 0.25) is 5.02 Å². The molecule has 116 valence electrons. The molecule has 0 spiro atoms. The van der Waals surface area contributed by atoms with Crippen molar-refractivity contribution < 1.29 is 14.3 Å². The monoisotopic (exact) mass is 312 g/mol. The molecule has 0 fully saturated rings. The van der Waals surface area contributed by atoms with Crippen LogP contribution < -0.4 is 10.6 Å². The lowest BCUT2D eigenvalue weighted by atomic mass is 10.2. The molecule has 2 N–H and O–H groups in total. The number of rotatable bonds is 4. The van der Waals surface area contributed by atoms with Crippen molar-refractivity contribution in [3.63, 3.8) is 0 Å². The molecule has 0 aliphatic heterocycles. The third-order valence-electron chi connectivity index (χ3n) is 2.48. The molecule has 0 atom stereocenters. The van der Waals surface area contributed by atoms with Crippen LogP contribution >= 0.6 is 11.6 Å². The molecule has 0 saturated heterocycles. The van der Waals surface area contributed by atoms with Crippen LogP contribution in [0.4, 0.5) is 10.5 Å². The minimum absolute atomic E-state index is 0.168. The van der Waals surface area contributed by atoms with E-state index in [0.29, 0.717) is 10.7 Å². The van der Waals surface area contributed by atoms with E-state index >= 15 is 0 Å². The molecule has 0 aliphatic rings. The maximum atomic E-state index is 11.8. The van der Waals surface area contributed by atoms with E-state index in [1.54, 1.807) is 39.0 Å². The van der Waals surface area contributed by atoms with E-state index in [0.717, 1.165) is 5.56 Å². The zero-order valence-electron chi connectivity index (χ0n) is 12.7. The van der Waals surface area contributed by atoms with Crippen molar-refractivity contribution in [1.29, 1.82) is 0 Å². The highest BCUT2D eigenvalue weighted by Crippen LogP contribution is 2.19. The summed E-state index contributed by atoms with van der Waals surface area (Å²) in [4.78, 5) is 23.2. The average molecular weight is 313 g/mol. The summed E-state index contributed by atoms with van der Waals surface area (Å²) in [6.45, 7) is 7.42. The fourth-order valence-corrected chi connectivity index (χ4v) is 1.80. The number of amides is 2. The number of benzene rings is 1. The van der Waals surface area contributed by atoms with Crippen molar-refractivity contribution in [2.24, 2.45) is 0 Å². The molecule has 2 amide bonds. The molecule has 0 unspecified atom stereocenters. The largest absolute Gasteiger partial charge is 0.444 e. The Labute approximate surface area is 130 Å². The number of ether oxygens (including phenoxy) is 1. The number of nitrogens with one attached hydrogen (secondary N) is 2. The third-order valence-corrected chi connectivity index (χ3v) is 2.72. The summed E-state index contributed by atoms with van der Waals surface area (Å²) >= 11 is 5.85. The van der Waals surface area contributed by atoms with Gasteiger partial charge in [0.05, 0.1) is 0 Å². The maximum absolute atomic E-state index is 11.8. The SMILES string of the molecule is Cc1cc(Cl)ccc1NC(=O)CCNC(=O)OC(C)(C)C. The van der Waals surface area contributed by atoms with E-state index in [-0.39, 0.29) is 18.9 Å². The number of carbonyl (C=O) groups is 2. The van der Waals surface area contributed by atoms with Crippen LogP contribution in [0.15, 0.2) is 18.2 Å². The summed E-state index contributed by atoms with van der Waals surface area (Å²) < 4.78 is 5.07. The molecule has 6 heteroatoms. The molecule has 0 bridgehead atoms. The Bertz CT molecular complexity index is 524. The van der Waals surface area contributed by atoms with E-state index in [2.05, 4.69) is 10.6 Å². The van der Waals surface area contributed by atoms with Crippen molar-refractivity contribution in [3.8, 4) is 0 Å². The lowest BCUT2D eigenvalue weighted by Crippen LogP contribution is -2.34. The number of alkyl carbamates (subject to hydrolysis) is 1. The van der Waals surface area contributed by atoms with Crippen LogP contribution in [-0.2, 0) is 9.53 Å². The van der Waals surface area contributed by atoms with Gasteiger partial charge in [-0.15, -0.1) is 0 Å². The van der Waals surface area contributed by atoms with Crippen LogP contribution in [0.3, 0.4) is 0 Å². The molecule has 1 rings (SSSR count). The Morgan fingerprint density at radius 1 is 1.29 bits per heavy atom. The van der Waals surface area contributed by atoms with Gasteiger partial charge in [0.25, 0.3) is 0 Å². The fraction of sp³-hybridized carbons (Fsp3) is 0.467. The summed E-state index contributed by atoms with van der Waals surface area (Å²) in [7, 11) is 0. The summed E-state index contributed by atoms with van der Waals surface area (Å²) in [5.74, 6) is -0.184. The molecule has 21 heavy (non-hydrogen) atoms. The molecular weight excluding hydrogens is 292 g/mol. The van der Waals surface area contributed by atoms with Gasteiger partial charge < -0.3 is 15.4 Å². The van der Waals surface area contributed by atoms with Crippen LogP contribution in [0.5, 0.6) is 0 Å². The van der Waals surface area contributed by atoms with E-state index in [1.807, 2.05) is 6.92 Å². The average Bonchev–Trinajstić information content (AvgIpc) is 2.30. The number of hydrogen-bond acceptors (Lipinski definition) is 3. The van der Waals surface area contributed by atoms with Gasteiger partial charge in [0.15, 0.2) is 0 Å². The van der Waals surface area contributed by atoms with Gasteiger partial charge in [-0.05, 0) is 51.5 Å². The minimum atomic E-state index is -0.549. The Morgan fingerprint density at radius 3 is 2.52 bits per heavy atom. The smallest absolute Gasteiger partial charge is 0.407 e. The number of anilines is 1. The second-order valence-electron chi connectivity index (χ2n) is 5.69. The predicted octanol–water partition coefficient (Wildman–Crippen LogP) is 3.50. The van der Waals surface area contributed by atoms with E-state index in [9.17, 15) is 9.59 Å². The summed E-state index contributed by atoms with van der Waals surface area (Å²) in [6.07, 6.45) is -0.362. The molecular formula is C15H21ClN2O3. The number of halogens is 1. The molecule has 0 heterocycles. The fourth-order valence-electron chi connectivity index (χ4n) is 1.57. The Morgan fingerprint density at radius 2 is 1.95 bits per heavy atom. The highest BCUT2D eigenvalue weighted by molar-refractivity contribution is 6.30. The van der Waals surface area contributed by atoms with Crippen molar-refractivity contribution in [2.75, 3.05) is 11.9 Å². The molecule has 0 aromatic heterocycles. The number of aryl methyl sites for hydroxylation is 1. The summed E-state index contributed by atoms with van der Waals surface area (Å²) in [5, 5.41) is 5.93. The standard InChI is InChI=1S/C15H21ClN2O3/c1-10-9-11(16)5-6-12(10)18-13(19)7-8-17-14(20)21-15(2,3)4/h5-6,9H,7-8H2,1-4H3,(H,17,20)(H,18,19). The highest BCUT2D eigenvalue weighted by Gasteiger charge is 2.15. The first-order chi connectivity index (χ1) is 9.67. The molecule has 1 aromatic carbocycles. The topological polar surface area (TPSA) is 67.4 Å². The maximum Gasteiger partial charge on any atom is 0.407 e. The minimum Gasteiger partial charge on any atom is -0.444 e. The Hall–Kier alpha value is -1.75. The third kappa shape index (κ3) is 6.99. The van der Waals surface area contributed by atoms with Crippen molar-refractivity contribution in [3.05, 3.63) is 28.8 Å². The zero-order chi connectivity index (χ0) is 16.0. The van der Waals surface area contributed by atoms with E-state index in [1.165, 1.54) is 0 Å². The highest BCUT2D eigenvalue weighted by atomic mass is 35.5. The Kier molecular flexibility index (Phi) is 6.03. The lowest BCUT2D eigenvalue weighted by molar-refractivity contribution is -0.116. The van der Waals surface area contributed by atoms with Crippen molar-refractivity contribution in [1.82, 2.24) is 5.32 Å².